The molecule has 0 aliphatic heterocycles. The van der Waals surface area contributed by atoms with Crippen molar-refractivity contribution < 1.29 is 0 Å². The Balaban J connectivity index is 1.84. The number of aryl methyl sites for hydroxylation is 1. The van der Waals surface area contributed by atoms with Gasteiger partial charge in [0, 0.05) is 25.6 Å². The second kappa shape index (κ2) is 5.00. The van der Waals surface area contributed by atoms with Gasteiger partial charge < -0.3 is 11.1 Å². The van der Waals surface area contributed by atoms with Gasteiger partial charge in [0.1, 0.15) is 12.0 Å². The Bertz CT molecular complexity index is 700. The van der Waals surface area contributed by atoms with E-state index in [1.165, 1.54) is 6.33 Å². The minimum atomic E-state index is 0.457. The Labute approximate surface area is 115 Å². The van der Waals surface area contributed by atoms with Crippen molar-refractivity contribution in [1.29, 1.82) is 0 Å². The van der Waals surface area contributed by atoms with Crippen molar-refractivity contribution in [2.75, 3.05) is 11.1 Å². The zero-order chi connectivity index (χ0) is 13.9. The molecule has 0 unspecified atom stereocenters. The lowest BCUT2D eigenvalue weighted by Crippen LogP contribution is -2.11. The second-order valence-electron chi connectivity index (χ2n) is 4.21. The molecule has 0 bridgehead atoms. The van der Waals surface area contributed by atoms with Crippen LogP contribution in [0.2, 0.25) is 0 Å². The molecule has 3 N–H and O–H groups in total. The molecule has 0 radical (unpaired) electrons. The molecule has 0 fully saturated rings. The molecule has 8 nitrogen and oxygen atoms in total. The van der Waals surface area contributed by atoms with E-state index in [-0.39, 0.29) is 0 Å². The van der Waals surface area contributed by atoms with Crippen molar-refractivity contribution in [3.63, 3.8) is 0 Å². The van der Waals surface area contributed by atoms with Crippen molar-refractivity contribution in [3.05, 3.63) is 42.7 Å². The van der Waals surface area contributed by atoms with E-state index in [0.29, 0.717) is 23.9 Å². The molecule has 3 heterocycles. The zero-order valence-corrected chi connectivity index (χ0v) is 10.9. The first-order valence-corrected chi connectivity index (χ1v) is 6.07. The van der Waals surface area contributed by atoms with E-state index in [9.17, 15) is 0 Å². The highest BCUT2D eigenvalue weighted by atomic mass is 15.3. The Hall–Kier alpha value is -2.90. The van der Waals surface area contributed by atoms with E-state index in [0.717, 1.165) is 5.69 Å². The minimum Gasteiger partial charge on any atom is -0.393 e. The Morgan fingerprint density at radius 2 is 2.15 bits per heavy atom. The number of nitrogens with one attached hydrogen (secondary N) is 1. The molecular formula is C12H14N8. The summed E-state index contributed by atoms with van der Waals surface area (Å²) in [5.41, 5.74) is 7.57. The highest BCUT2D eigenvalue weighted by molar-refractivity contribution is 5.68. The first-order chi connectivity index (χ1) is 9.75. The Kier molecular flexibility index (Phi) is 3.04. The molecule has 0 aliphatic carbocycles. The number of anilines is 2. The summed E-state index contributed by atoms with van der Waals surface area (Å²) in [6.07, 6.45) is 6.66. The van der Waals surface area contributed by atoms with E-state index in [4.69, 9.17) is 5.73 Å². The van der Waals surface area contributed by atoms with Crippen LogP contribution in [-0.4, -0.2) is 29.5 Å². The molecule has 3 aromatic rings. The second-order valence-corrected chi connectivity index (χ2v) is 4.21. The van der Waals surface area contributed by atoms with Crippen molar-refractivity contribution in [2.45, 2.75) is 6.54 Å². The maximum Gasteiger partial charge on any atom is 0.181 e. The van der Waals surface area contributed by atoms with Crippen LogP contribution in [0.15, 0.2) is 37.1 Å². The number of hydrogen-bond donors (Lipinski definition) is 2. The van der Waals surface area contributed by atoms with Gasteiger partial charge in [0.2, 0.25) is 0 Å². The molecule has 20 heavy (non-hydrogen) atoms. The maximum absolute atomic E-state index is 6.08. The van der Waals surface area contributed by atoms with Gasteiger partial charge in [0.15, 0.2) is 11.6 Å². The molecule has 0 saturated carbocycles. The number of rotatable bonds is 4. The standard InChI is InChI=1S/C12H14N8/c1-19-9(3-5-17-19)7-14-11-10(13)12(16-8-15-11)20-6-2-4-18-20/h2-6,8H,7,13H2,1H3,(H,14,15,16). The van der Waals surface area contributed by atoms with Crippen molar-refractivity contribution in [2.24, 2.45) is 7.05 Å². The predicted molar refractivity (Wildman–Crippen MR) is 74.1 cm³/mol. The first kappa shape index (κ1) is 12.2. The number of nitrogens with two attached hydrogens (primary N) is 1. The van der Waals surface area contributed by atoms with Gasteiger partial charge in [-0.1, -0.05) is 0 Å². The monoisotopic (exact) mass is 270 g/mol. The third kappa shape index (κ3) is 2.18. The van der Waals surface area contributed by atoms with Crippen LogP contribution in [0.3, 0.4) is 0 Å². The van der Waals surface area contributed by atoms with E-state index < -0.39 is 0 Å². The molecule has 0 saturated heterocycles. The summed E-state index contributed by atoms with van der Waals surface area (Å²) < 4.78 is 3.39. The van der Waals surface area contributed by atoms with Gasteiger partial charge in [-0.2, -0.15) is 10.2 Å². The highest BCUT2D eigenvalue weighted by Crippen LogP contribution is 2.21. The normalized spacial score (nSPS) is 10.7. The summed E-state index contributed by atoms with van der Waals surface area (Å²) in [7, 11) is 1.88. The number of hydrogen-bond acceptors (Lipinski definition) is 6. The molecule has 0 atom stereocenters. The van der Waals surface area contributed by atoms with E-state index in [2.05, 4.69) is 25.5 Å². The van der Waals surface area contributed by atoms with E-state index in [1.807, 2.05) is 19.2 Å². The SMILES string of the molecule is Cn1nccc1CNc1ncnc(-n2cccn2)c1N. The quantitative estimate of drug-likeness (QED) is 0.719. The highest BCUT2D eigenvalue weighted by Gasteiger charge is 2.10. The van der Waals surface area contributed by atoms with Gasteiger partial charge >= 0.3 is 0 Å². The molecule has 3 rings (SSSR count). The van der Waals surface area contributed by atoms with Gasteiger partial charge in [-0.25, -0.2) is 14.6 Å². The average molecular weight is 270 g/mol. The third-order valence-electron chi connectivity index (χ3n) is 2.94. The van der Waals surface area contributed by atoms with Crippen LogP contribution in [0, 0.1) is 0 Å². The fourth-order valence-electron chi connectivity index (χ4n) is 1.85. The van der Waals surface area contributed by atoms with Gasteiger partial charge in [0.05, 0.1) is 12.2 Å². The van der Waals surface area contributed by atoms with Crippen LogP contribution in [0.4, 0.5) is 11.5 Å². The lowest BCUT2D eigenvalue weighted by atomic mass is 10.4. The number of nitrogen functional groups attached to an aromatic ring is 1. The molecule has 0 spiro atoms. The fourth-order valence-corrected chi connectivity index (χ4v) is 1.85. The van der Waals surface area contributed by atoms with E-state index in [1.54, 1.807) is 28.0 Å². The summed E-state index contributed by atoms with van der Waals surface area (Å²) in [5, 5.41) is 11.4. The number of nitrogens with zero attached hydrogens (tertiary/aromatic N) is 6. The molecule has 0 aromatic carbocycles. The summed E-state index contributed by atoms with van der Waals surface area (Å²) in [5.74, 6) is 1.13. The van der Waals surface area contributed by atoms with Crippen LogP contribution < -0.4 is 11.1 Å². The van der Waals surface area contributed by atoms with Crippen molar-refractivity contribution >= 4 is 11.5 Å². The predicted octanol–water partition coefficient (Wildman–Crippen LogP) is 0.590. The van der Waals surface area contributed by atoms with Crippen LogP contribution >= 0.6 is 0 Å². The Morgan fingerprint density at radius 3 is 2.85 bits per heavy atom. The first-order valence-electron chi connectivity index (χ1n) is 6.07. The molecule has 3 aromatic heterocycles. The summed E-state index contributed by atoms with van der Waals surface area (Å²) in [6.45, 7) is 0.580. The smallest absolute Gasteiger partial charge is 0.181 e. The molecule has 0 amide bonds. The number of aromatic nitrogens is 6. The molecule has 0 aliphatic rings. The van der Waals surface area contributed by atoms with Gasteiger partial charge in [-0.15, -0.1) is 0 Å². The molecule has 102 valence electrons. The lowest BCUT2D eigenvalue weighted by Gasteiger charge is -2.11. The summed E-state index contributed by atoms with van der Waals surface area (Å²) >= 11 is 0. The van der Waals surface area contributed by atoms with Gasteiger partial charge in [0.25, 0.3) is 0 Å². The zero-order valence-electron chi connectivity index (χ0n) is 10.9. The van der Waals surface area contributed by atoms with Crippen LogP contribution in [0.25, 0.3) is 5.82 Å². The minimum absolute atomic E-state index is 0.457. The van der Waals surface area contributed by atoms with Gasteiger partial charge in [-0.3, -0.25) is 4.68 Å². The van der Waals surface area contributed by atoms with Crippen molar-refractivity contribution in [3.8, 4) is 5.82 Å². The van der Waals surface area contributed by atoms with Crippen LogP contribution in [-0.2, 0) is 13.6 Å². The molecule has 8 heteroatoms. The maximum atomic E-state index is 6.08. The topological polar surface area (TPSA) is 99.5 Å². The average Bonchev–Trinajstić information content (AvgIpc) is 3.09. The summed E-state index contributed by atoms with van der Waals surface area (Å²) in [4.78, 5) is 8.31. The van der Waals surface area contributed by atoms with Crippen LogP contribution in [0.1, 0.15) is 5.69 Å². The Morgan fingerprint density at radius 1 is 1.25 bits per heavy atom. The fraction of sp³-hybridized carbons (Fsp3) is 0.167. The largest absolute Gasteiger partial charge is 0.393 e. The summed E-state index contributed by atoms with van der Waals surface area (Å²) in [6, 6.07) is 3.74. The lowest BCUT2D eigenvalue weighted by molar-refractivity contribution is 0.719. The van der Waals surface area contributed by atoms with Crippen molar-refractivity contribution in [1.82, 2.24) is 29.5 Å². The van der Waals surface area contributed by atoms with Gasteiger partial charge in [-0.05, 0) is 12.1 Å². The third-order valence-corrected chi connectivity index (χ3v) is 2.94. The molecular weight excluding hydrogens is 256 g/mol. The van der Waals surface area contributed by atoms with E-state index >= 15 is 0 Å². The van der Waals surface area contributed by atoms with Crippen LogP contribution in [0.5, 0.6) is 0 Å².